The molecule has 0 saturated heterocycles. The largest absolute Gasteiger partial charge is 0.369 e. The summed E-state index contributed by atoms with van der Waals surface area (Å²) in [5, 5.41) is 13.7. The molecule has 0 saturated carbocycles. The van der Waals surface area contributed by atoms with Gasteiger partial charge in [0.2, 0.25) is 5.91 Å². The molecule has 4 N–H and O–H groups in total. The van der Waals surface area contributed by atoms with Crippen LogP contribution < -0.4 is 11.1 Å². The lowest BCUT2D eigenvalue weighted by Crippen LogP contribution is -2.46. The average molecular weight is 316 g/mol. The lowest BCUT2D eigenvalue weighted by molar-refractivity contribution is -0.122. The highest BCUT2D eigenvalue weighted by Gasteiger charge is 2.29. The molecule has 2 aromatic heterocycles. The number of carbonyl (C=O) groups is 2. The molecule has 0 fully saturated rings. The minimum atomic E-state index is -0.391. The molecular formula is C15H16N4O2S. The molecule has 7 heteroatoms. The molecule has 2 aromatic rings. The Labute approximate surface area is 131 Å². The van der Waals surface area contributed by atoms with Gasteiger partial charge in [0, 0.05) is 17.0 Å². The number of primary amides is 1. The fraction of sp³-hybridized carbons (Fsp3) is 0.267. The highest BCUT2D eigenvalue weighted by atomic mass is 32.1. The van der Waals surface area contributed by atoms with Crippen LogP contribution in [-0.2, 0) is 4.79 Å². The zero-order valence-corrected chi connectivity index (χ0v) is 12.6. The molecule has 0 spiro atoms. The number of H-pyrrole nitrogens is 1. The van der Waals surface area contributed by atoms with Gasteiger partial charge in [0.1, 0.15) is 5.69 Å². The smallest absolute Gasteiger partial charge is 0.269 e. The molecule has 1 aliphatic carbocycles. The van der Waals surface area contributed by atoms with Crippen molar-refractivity contribution in [3.63, 3.8) is 0 Å². The van der Waals surface area contributed by atoms with Crippen molar-refractivity contribution in [2.24, 2.45) is 11.7 Å². The minimum absolute atomic E-state index is 0.275. The van der Waals surface area contributed by atoms with Crippen LogP contribution in [0.5, 0.6) is 0 Å². The number of thiophene rings is 1. The van der Waals surface area contributed by atoms with Crippen molar-refractivity contribution in [1.82, 2.24) is 15.5 Å². The van der Waals surface area contributed by atoms with Gasteiger partial charge in [-0.25, -0.2) is 0 Å². The van der Waals surface area contributed by atoms with Crippen molar-refractivity contribution in [2.75, 3.05) is 0 Å². The first-order chi connectivity index (χ1) is 10.6. The van der Waals surface area contributed by atoms with Gasteiger partial charge in [0.25, 0.3) is 5.91 Å². The van der Waals surface area contributed by atoms with E-state index in [1.165, 1.54) is 0 Å². The molecule has 2 heterocycles. The fourth-order valence-electron chi connectivity index (χ4n) is 2.53. The highest BCUT2D eigenvalue weighted by molar-refractivity contribution is 7.08. The first-order valence-corrected chi connectivity index (χ1v) is 7.92. The first kappa shape index (κ1) is 14.5. The second-order valence-corrected chi connectivity index (χ2v) is 5.99. The number of carbonyl (C=O) groups excluding carboxylic acids is 2. The summed E-state index contributed by atoms with van der Waals surface area (Å²) >= 11 is 1.57. The summed E-state index contributed by atoms with van der Waals surface area (Å²) in [7, 11) is 0. The van der Waals surface area contributed by atoms with Crippen molar-refractivity contribution in [1.29, 1.82) is 0 Å². The predicted molar refractivity (Wildman–Crippen MR) is 84.2 cm³/mol. The van der Waals surface area contributed by atoms with Crippen LogP contribution in [0.4, 0.5) is 0 Å². The third kappa shape index (κ3) is 2.94. The van der Waals surface area contributed by atoms with Gasteiger partial charge < -0.3 is 11.1 Å². The minimum Gasteiger partial charge on any atom is -0.369 e. The summed E-state index contributed by atoms with van der Waals surface area (Å²) in [4.78, 5) is 23.8. The number of aromatic nitrogens is 2. The molecule has 0 aliphatic heterocycles. The van der Waals surface area contributed by atoms with Crippen LogP contribution >= 0.6 is 11.3 Å². The quantitative estimate of drug-likeness (QED) is 0.748. The standard InChI is InChI=1S/C15H16N4O2S/c16-14(20)10-3-1-2-4-11(10)17-15(21)13-7-12(18-19-13)9-5-6-22-8-9/h1-2,5-8,10-11H,3-4H2,(H2,16,20)(H,17,21)(H,18,19). The van der Waals surface area contributed by atoms with E-state index in [-0.39, 0.29) is 17.9 Å². The van der Waals surface area contributed by atoms with E-state index in [2.05, 4.69) is 15.5 Å². The molecule has 1 aliphatic rings. The van der Waals surface area contributed by atoms with Gasteiger partial charge in [-0.1, -0.05) is 12.2 Å². The Morgan fingerprint density at radius 2 is 2.18 bits per heavy atom. The maximum Gasteiger partial charge on any atom is 0.269 e. The van der Waals surface area contributed by atoms with Crippen LogP contribution in [0.15, 0.2) is 35.0 Å². The maximum absolute atomic E-state index is 12.3. The number of nitrogens with zero attached hydrogens (tertiary/aromatic N) is 1. The Balaban J connectivity index is 1.72. The summed E-state index contributed by atoms with van der Waals surface area (Å²) in [5.74, 6) is -1.04. The summed E-state index contributed by atoms with van der Waals surface area (Å²) in [5.41, 5.74) is 7.46. The normalized spacial score (nSPS) is 20.7. The molecular weight excluding hydrogens is 300 g/mol. The fourth-order valence-corrected chi connectivity index (χ4v) is 3.18. The Kier molecular flexibility index (Phi) is 4.06. The van der Waals surface area contributed by atoms with Gasteiger partial charge in [0.15, 0.2) is 0 Å². The Hall–Kier alpha value is -2.41. The first-order valence-electron chi connectivity index (χ1n) is 6.98. The van der Waals surface area contributed by atoms with Crippen molar-refractivity contribution in [3.05, 3.63) is 40.7 Å². The second-order valence-electron chi connectivity index (χ2n) is 5.21. The number of hydrogen-bond donors (Lipinski definition) is 3. The molecule has 2 unspecified atom stereocenters. The predicted octanol–water partition coefficient (Wildman–Crippen LogP) is 1.69. The SMILES string of the molecule is NC(=O)C1CC=CCC1NC(=O)c1cc(-c2ccsc2)n[nH]1. The van der Waals surface area contributed by atoms with E-state index in [0.717, 1.165) is 11.3 Å². The van der Waals surface area contributed by atoms with E-state index < -0.39 is 5.91 Å². The van der Waals surface area contributed by atoms with Crippen molar-refractivity contribution < 1.29 is 9.59 Å². The third-order valence-electron chi connectivity index (χ3n) is 3.75. The molecule has 2 amide bonds. The van der Waals surface area contributed by atoms with E-state index in [0.29, 0.717) is 18.5 Å². The van der Waals surface area contributed by atoms with Crippen LogP contribution in [0.1, 0.15) is 23.3 Å². The Morgan fingerprint density at radius 1 is 1.36 bits per heavy atom. The molecule has 0 bridgehead atoms. The molecule has 0 aromatic carbocycles. The number of nitrogens with one attached hydrogen (secondary N) is 2. The van der Waals surface area contributed by atoms with E-state index >= 15 is 0 Å². The van der Waals surface area contributed by atoms with Gasteiger partial charge in [-0.05, 0) is 30.4 Å². The van der Waals surface area contributed by atoms with Gasteiger partial charge >= 0.3 is 0 Å². The number of hydrogen-bond acceptors (Lipinski definition) is 4. The second kappa shape index (κ2) is 6.15. The lowest BCUT2D eigenvalue weighted by Gasteiger charge is -2.26. The van der Waals surface area contributed by atoms with E-state index in [4.69, 9.17) is 5.73 Å². The molecule has 0 radical (unpaired) electrons. The topological polar surface area (TPSA) is 101 Å². The summed E-state index contributed by atoms with van der Waals surface area (Å²) in [6.45, 7) is 0. The third-order valence-corrected chi connectivity index (χ3v) is 4.44. The Bertz CT molecular complexity index is 705. The number of rotatable bonds is 4. The number of aromatic amines is 1. The molecule has 2 atom stereocenters. The molecule has 114 valence electrons. The van der Waals surface area contributed by atoms with Crippen LogP contribution in [0, 0.1) is 5.92 Å². The van der Waals surface area contributed by atoms with Gasteiger partial charge in [-0.15, -0.1) is 0 Å². The highest BCUT2D eigenvalue weighted by Crippen LogP contribution is 2.22. The van der Waals surface area contributed by atoms with Crippen molar-refractivity contribution in [3.8, 4) is 11.3 Å². The number of allylic oxidation sites excluding steroid dienone is 1. The average Bonchev–Trinajstić information content (AvgIpc) is 3.18. The maximum atomic E-state index is 12.3. The van der Waals surface area contributed by atoms with Crippen molar-refractivity contribution in [2.45, 2.75) is 18.9 Å². The van der Waals surface area contributed by atoms with Crippen LogP contribution in [-0.4, -0.2) is 28.1 Å². The van der Waals surface area contributed by atoms with E-state index in [1.807, 2.05) is 29.0 Å². The zero-order chi connectivity index (χ0) is 15.5. The van der Waals surface area contributed by atoms with E-state index in [9.17, 15) is 9.59 Å². The van der Waals surface area contributed by atoms with Gasteiger partial charge in [0.05, 0.1) is 11.6 Å². The Morgan fingerprint density at radius 3 is 2.91 bits per heavy atom. The summed E-state index contributed by atoms with van der Waals surface area (Å²) in [6, 6.07) is 3.37. The molecule has 3 rings (SSSR count). The van der Waals surface area contributed by atoms with Crippen LogP contribution in [0.25, 0.3) is 11.3 Å². The number of nitrogens with two attached hydrogens (primary N) is 1. The van der Waals surface area contributed by atoms with Gasteiger partial charge in [-0.2, -0.15) is 16.4 Å². The monoisotopic (exact) mass is 316 g/mol. The summed E-state index contributed by atoms with van der Waals surface area (Å²) in [6.07, 6.45) is 5.03. The zero-order valence-electron chi connectivity index (χ0n) is 11.8. The van der Waals surface area contributed by atoms with Crippen LogP contribution in [0.2, 0.25) is 0 Å². The lowest BCUT2D eigenvalue weighted by atomic mass is 9.88. The molecule has 22 heavy (non-hydrogen) atoms. The summed E-state index contributed by atoms with van der Waals surface area (Å²) < 4.78 is 0. The number of amides is 2. The van der Waals surface area contributed by atoms with Gasteiger partial charge in [-0.3, -0.25) is 14.7 Å². The molecule has 6 nitrogen and oxygen atoms in total. The van der Waals surface area contributed by atoms with Crippen LogP contribution in [0.3, 0.4) is 0 Å². The van der Waals surface area contributed by atoms with E-state index in [1.54, 1.807) is 17.4 Å². The van der Waals surface area contributed by atoms with Crippen molar-refractivity contribution >= 4 is 23.2 Å².